The van der Waals surface area contributed by atoms with Crippen molar-refractivity contribution < 1.29 is 15.0 Å². The number of phenolic OH excluding ortho intramolecular Hbond substituents is 2. The summed E-state index contributed by atoms with van der Waals surface area (Å²) in [7, 11) is 1.98. The van der Waals surface area contributed by atoms with Crippen molar-refractivity contribution in [3.8, 4) is 11.5 Å². The predicted molar refractivity (Wildman–Crippen MR) is 69.9 cm³/mol. The number of nitrogens with one attached hydrogen (secondary N) is 1. The first kappa shape index (κ1) is 14.3. The molecular weight excluding hydrogens is 232 g/mol. The van der Waals surface area contributed by atoms with E-state index in [1.54, 1.807) is 0 Å². The van der Waals surface area contributed by atoms with E-state index < -0.39 is 0 Å². The predicted octanol–water partition coefficient (Wildman–Crippen LogP) is 1.17. The summed E-state index contributed by atoms with van der Waals surface area (Å²) in [6, 6.07) is 4.33. The molecule has 0 aromatic heterocycles. The van der Waals surface area contributed by atoms with Gasteiger partial charge in [0.25, 0.3) is 5.91 Å². The Labute approximate surface area is 107 Å². The third-order valence-corrected chi connectivity index (χ3v) is 2.86. The van der Waals surface area contributed by atoms with Gasteiger partial charge in [-0.1, -0.05) is 0 Å². The maximum absolute atomic E-state index is 11.8. The Morgan fingerprint density at radius 2 is 2.06 bits per heavy atom. The van der Waals surface area contributed by atoms with E-state index in [2.05, 4.69) is 24.1 Å². The Morgan fingerprint density at radius 3 is 2.61 bits per heavy atom. The van der Waals surface area contributed by atoms with E-state index >= 15 is 0 Å². The summed E-state index contributed by atoms with van der Waals surface area (Å²) in [5.41, 5.74) is 0.167. The maximum Gasteiger partial charge on any atom is 0.255 e. The van der Waals surface area contributed by atoms with Crippen LogP contribution in [0, 0.1) is 0 Å². The highest BCUT2D eigenvalue weighted by Gasteiger charge is 2.11. The number of carbonyl (C=O) groups is 1. The Kier molecular flexibility index (Phi) is 4.97. The Morgan fingerprint density at radius 1 is 1.39 bits per heavy atom. The van der Waals surface area contributed by atoms with Crippen LogP contribution in [0.25, 0.3) is 0 Å². The van der Waals surface area contributed by atoms with Crippen molar-refractivity contribution in [1.82, 2.24) is 10.2 Å². The zero-order chi connectivity index (χ0) is 13.7. The summed E-state index contributed by atoms with van der Waals surface area (Å²) >= 11 is 0. The molecule has 0 spiro atoms. The maximum atomic E-state index is 11.8. The molecule has 5 nitrogen and oxygen atoms in total. The number of rotatable bonds is 5. The standard InChI is InChI=1S/C13H20N2O3/c1-9(2)15(3)7-6-14-13(18)11-5-4-10(16)8-12(11)17/h4-5,8-9,16-17H,6-7H2,1-3H3,(H,14,18). The molecule has 0 bridgehead atoms. The van der Waals surface area contributed by atoms with E-state index in [9.17, 15) is 9.90 Å². The van der Waals surface area contributed by atoms with Crippen LogP contribution in [-0.4, -0.2) is 47.2 Å². The average Bonchev–Trinajstić information content (AvgIpc) is 2.28. The fraction of sp³-hybridized carbons (Fsp3) is 0.462. The van der Waals surface area contributed by atoms with Gasteiger partial charge in [-0.05, 0) is 33.0 Å². The highest BCUT2D eigenvalue weighted by Crippen LogP contribution is 2.22. The fourth-order valence-corrected chi connectivity index (χ4v) is 1.41. The Hall–Kier alpha value is -1.75. The van der Waals surface area contributed by atoms with E-state index in [-0.39, 0.29) is 23.0 Å². The quantitative estimate of drug-likeness (QED) is 0.735. The number of hydrogen-bond acceptors (Lipinski definition) is 4. The molecule has 0 unspecified atom stereocenters. The topological polar surface area (TPSA) is 72.8 Å². The zero-order valence-corrected chi connectivity index (χ0v) is 11.0. The summed E-state index contributed by atoms with van der Waals surface area (Å²) in [5, 5.41) is 21.4. The molecule has 0 atom stereocenters. The van der Waals surface area contributed by atoms with Gasteiger partial charge in [0.05, 0.1) is 5.56 Å². The normalized spacial score (nSPS) is 10.9. The van der Waals surface area contributed by atoms with E-state index in [0.29, 0.717) is 12.6 Å². The van der Waals surface area contributed by atoms with Crippen molar-refractivity contribution >= 4 is 5.91 Å². The number of aromatic hydroxyl groups is 2. The van der Waals surface area contributed by atoms with Gasteiger partial charge in [0.2, 0.25) is 0 Å². The molecule has 0 aliphatic rings. The van der Waals surface area contributed by atoms with Crippen molar-refractivity contribution in [1.29, 1.82) is 0 Å². The molecule has 1 aromatic carbocycles. The van der Waals surface area contributed by atoms with E-state index in [1.165, 1.54) is 12.1 Å². The molecule has 0 radical (unpaired) electrons. The summed E-state index contributed by atoms with van der Waals surface area (Å²) in [4.78, 5) is 13.9. The summed E-state index contributed by atoms with van der Waals surface area (Å²) in [6.07, 6.45) is 0. The highest BCUT2D eigenvalue weighted by molar-refractivity contribution is 5.96. The first-order chi connectivity index (χ1) is 8.41. The lowest BCUT2D eigenvalue weighted by atomic mass is 10.2. The van der Waals surface area contributed by atoms with Crippen LogP contribution < -0.4 is 5.32 Å². The largest absolute Gasteiger partial charge is 0.508 e. The SMILES string of the molecule is CC(C)N(C)CCNC(=O)c1ccc(O)cc1O. The molecule has 18 heavy (non-hydrogen) atoms. The van der Waals surface area contributed by atoms with Gasteiger partial charge in [-0.25, -0.2) is 0 Å². The fourth-order valence-electron chi connectivity index (χ4n) is 1.41. The number of carbonyl (C=O) groups excluding carboxylic acids is 1. The Balaban J connectivity index is 2.51. The minimum absolute atomic E-state index is 0.0661. The molecule has 100 valence electrons. The molecule has 1 aromatic rings. The van der Waals surface area contributed by atoms with Crippen LogP contribution in [0.2, 0.25) is 0 Å². The van der Waals surface area contributed by atoms with Gasteiger partial charge >= 0.3 is 0 Å². The van der Waals surface area contributed by atoms with Gasteiger partial charge < -0.3 is 20.4 Å². The number of likely N-dealkylation sites (N-methyl/N-ethyl adjacent to an activating group) is 1. The molecule has 0 saturated heterocycles. The zero-order valence-electron chi connectivity index (χ0n) is 11.0. The highest BCUT2D eigenvalue weighted by atomic mass is 16.3. The third-order valence-electron chi connectivity index (χ3n) is 2.86. The lowest BCUT2D eigenvalue weighted by molar-refractivity contribution is 0.0945. The molecule has 1 amide bonds. The van der Waals surface area contributed by atoms with Gasteiger partial charge in [0, 0.05) is 25.2 Å². The lowest BCUT2D eigenvalue weighted by Crippen LogP contribution is -2.36. The number of hydrogen-bond donors (Lipinski definition) is 3. The smallest absolute Gasteiger partial charge is 0.255 e. The molecule has 0 aliphatic heterocycles. The molecular formula is C13H20N2O3. The number of amides is 1. The molecule has 1 rings (SSSR count). The van der Waals surface area contributed by atoms with Crippen molar-refractivity contribution in [2.75, 3.05) is 20.1 Å². The van der Waals surface area contributed by atoms with Crippen LogP contribution in [0.15, 0.2) is 18.2 Å². The number of phenols is 2. The van der Waals surface area contributed by atoms with E-state index in [4.69, 9.17) is 5.11 Å². The van der Waals surface area contributed by atoms with Gasteiger partial charge in [0.15, 0.2) is 0 Å². The number of benzene rings is 1. The monoisotopic (exact) mass is 252 g/mol. The van der Waals surface area contributed by atoms with Gasteiger partial charge in [-0.2, -0.15) is 0 Å². The third kappa shape index (κ3) is 3.92. The summed E-state index contributed by atoms with van der Waals surface area (Å²) in [6.45, 7) is 5.40. The van der Waals surface area contributed by atoms with Crippen LogP contribution in [0.4, 0.5) is 0 Å². The van der Waals surface area contributed by atoms with Gasteiger partial charge in [-0.3, -0.25) is 4.79 Å². The summed E-state index contributed by atoms with van der Waals surface area (Å²) in [5.74, 6) is -0.627. The second-order valence-electron chi connectivity index (χ2n) is 4.53. The van der Waals surface area contributed by atoms with Crippen LogP contribution >= 0.6 is 0 Å². The molecule has 0 fully saturated rings. The molecule has 0 heterocycles. The minimum atomic E-state index is -0.343. The summed E-state index contributed by atoms with van der Waals surface area (Å²) < 4.78 is 0. The lowest BCUT2D eigenvalue weighted by Gasteiger charge is -2.20. The molecule has 0 aliphatic carbocycles. The van der Waals surface area contributed by atoms with Crippen molar-refractivity contribution in [3.63, 3.8) is 0 Å². The van der Waals surface area contributed by atoms with Gasteiger partial charge in [-0.15, -0.1) is 0 Å². The van der Waals surface area contributed by atoms with Crippen LogP contribution in [0.5, 0.6) is 11.5 Å². The van der Waals surface area contributed by atoms with E-state index in [0.717, 1.165) is 12.6 Å². The molecule has 0 saturated carbocycles. The van der Waals surface area contributed by atoms with Crippen LogP contribution in [0.1, 0.15) is 24.2 Å². The first-order valence-corrected chi connectivity index (χ1v) is 5.92. The minimum Gasteiger partial charge on any atom is -0.508 e. The van der Waals surface area contributed by atoms with Crippen LogP contribution in [-0.2, 0) is 0 Å². The van der Waals surface area contributed by atoms with Crippen LogP contribution in [0.3, 0.4) is 0 Å². The second kappa shape index (κ2) is 6.26. The first-order valence-electron chi connectivity index (χ1n) is 5.92. The average molecular weight is 252 g/mol. The second-order valence-corrected chi connectivity index (χ2v) is 4.53. The van der Waals surface area contributed by atoms with Crippen molar-refractivity contribution in [2.24, 2.45) is 0 Å². The van der Waals surface area contributed by atoms with E-state index in [1.807, 2.05) is 7.05 Å². The molecule has 3 N–H and O–H groups in total. The van der Waals surface area contributed by atoms with Crippen molar-refractivity contribution in [3.05, 3.63) is 23.8 Å². The molecule has 5 heteroatoms. The number of nitrogens with zero attached hydrogens (tertiary/aromatic N) is 1. The Bertz CT molecular complexity index is 419. The van der Waals surface area contributed by atoms with Gasteiger partial charge in [0.1, 0.15) is 11.5 Å². The van der Waals surface area contributed by atoms with Crippen molar-refractivity contribution in [2.45, 2.75) is 19.9 Å².